The summed E-state index contributed by atoms with van der Waals surface area (Å²) in [5.74, 6) is 0.726. The molecule has 0 unspecified atom stereocenters. The molecule has 0 radical (unpaired) electrons. The Hall–Kier alpha value is -1.74. The highest BCUT2D eigenvalue weighted by molar-refractivity contribution is 7.88. The average molecular weight is 341 g/mol. The highest BCUT2D eigenvalue weighted by Crippen LogP contribution is 2.18. The summed E-state index contributed by atoms with van der Waals surface area (Å²) in [6.07, 6.45) is 6.38. The molecule has 0 saturated carbocycles. The first kappa shape index (κ1) is 17.6. The fourth-order valence-electron chi connectivity index (χ4n) is 2.54. The average Bonchev–Trinajstić information content (AvgIpc) is 2.54. The first-order valence-corrected chi connectivity index (χ1v) is 9.46. The number of hydrogen-bond acceptors (Lipinski definition) is 5. The zero-order valence-corrected chi connectivity index (χ0v) is 14.5. The molecule has 2 amide bonds. The van der Waals surface area contributed by atoms with E-state index in [0.29, 0.717) is 31.6 Å². The summed E-state index contributed by atoms with van der Waals surface area (Å²) in [6, 6.07) is -0.223. The van der Waals surface area contributed by atoms with Gasteiger partial charge in [-0.25, -0.2) is 27.5 Å². The molecular weight excluding hydrogens is 318 g/mol. The lowest BCUT2D eigenvalue weighted by Crippen LogP contribution is -2.48. The van der Waals surface area contributed by atoms with Crippen molar-refractivity contribution in [2.45, 2.75) is 32.2 Å². The highest BCUT2D eigenvalue weighted by Gasteiger charge is 2.29. The molecule has 0 aromatic carbocycles. The molecular formula is C14H23N5O3S. The Kier molecular flexibility index (Phi) is 5.53. The van der Waals surface area contributed by atoms with Crippen LogP contribution in [0, 0.1) is 0 Å². The highest BCUT2D eigenvalue weighted by atomic mass is 32.2. The van der Waals surface area contributed by atoms with Crippen LogP contribution in [0.1, 0.15) is 25.6 Å². The SMILES string of the molecule is CCc1ncc(NC(=O)N(C)C2CCN(S(C)(=O)=O)CC2)cn1. The Morgan fingerprint density at radius 1 is 1.35 bits per heavy atom. The van der Waals surface area contributed by atoms with Crippen molar-refractivity contribution >= 4 is 21.7 Å². The number of carbonyl (C=O) groups excluding carboxylic acids is 1. The van der Waals surface area contributed by atoms with Crippen LogP contribution in [0.4, 0.5) is 10.5 Å². The Labute approximate surface area is 137 Å². The molecule has 1 aliphatic heterocycles. The number of amides is 2. The lowest BCUT2D eigenvalue weighted by Gasteiger charge is -2.35. The molecule has 1 N–H and O–H groups in total. The smallest absolute Gasteiger partial charge is 0.321 e. The lowest BCUT2D eigenvalue weighted by molar-refractivity contribution is 0.174. The zero-order valence-electron chi connectivity index (χ0n) is 13.7. The maximum Gasteiger partial charge on any atom is 0.321 e. The number of nitrogens with zero attached hydrogens (tertiary/aromatic N) is 4. The van der Waals surface area contributed by atoms with E-state index in [1.54, 1.807) is 24.3 Å². The molecule has 0 atom stereocenters. The standard InChI is InChI=1S/C14H23N5O3S/c1-4-13-15-9-11(10-16-13)17-14(20)18(2)12-5-7-19(8-6-12)23(3,21)22/h9-10,12H,4-8H2,1-3H3,(H,17,20). The summed E-state index contributed by atoms with van der Waals surface area (Å²) in [7, 11) is -1.43. The van der Waals surface area contributed by atoms with Crippen molar-refractivity contribution in [2.24, 2.45) is 0 Å². The number of piperidine rings is 1. The van der Waals surface area contributed by atoms with Crippen LogP contribution in [0.2, 0.25) is 0 Å². The molecule has 1 aromatic heterocycles. The number of carbonyl (C=O) groups is 1. The quantitative estimate of drug-likeness (QED) is 0.879. The van der Waals surface area contributed by atoms with Gasteiger partial charge in [0, 0.05) is 32.6 Å². The van der Waals surface area contributed by atoms with Crippen LogP contribution in [0.5, 0.6) is 0 Å². The summed E-state index contributed by atoms with van der Waals surface area (Å²) in [6.45, 7) is 2.84. The van der Waals surface area contributed by atoms with Gasteiger partial charge in [0.05, 0.1) is 24.3 Å². The van der Waals surface area contributed by atoms with Gasteiger partial charge in [-0.3, -0.25) is 0 Å². The third kappa shape index (κ3) is 4.61. The third-order valence-corrected chi connectivity index (χ3v) is 5.34. The Balaban J connectivity index is 1.90. The maximum atomic E-state index is 12.3. The van der Waals surface area contributed by atoms with E-state index in [1.165, 1.54) is 10.6 Å². The van der Waals surface area contributed by atoms with E-state index < -0.39 is 10.0 Å². The van der Waals surface area contributed by atoms with E-state index in [-0.39, 0.29) is 12.1 Å². The molecule has 2 rings (SSSR count). The van der Waals surface area contributed by atoms with Crippen molar-refractivity contribution in [1.82, 2.24) is 19.2 Å². The largest absolute Gasteiger partial charge is 0.325 e. The van der Waals surface area contributed by atoms with E-state index in [4.69, 9.17) is 0 Å². The van der Waals surface area contributed by atoms with Crippen LogP contribution in [0.3, 0.4) is 0 Å². The number of aryl methyl sites for hydroxylation is 1. The number of anilines is 1. The van der Waals surface area contributed by atoms with Gasteiger partial charge in [-0.2, -0.15) is 0 Å². The molecule has 0 aliphatic carbocycles. The van der Waals surface area contributed by atoms with Crippen molar-refractivity contribution in [3.8, 4) is 0 Å². The normalized spacial score (nSPS) is 17.0. The number of aromatic nitrogens is 2. The number of rotatable bonds is 4. The molecule has 8 nitrogen and oxygen atoms in total. The zero-order chi connectivity index (χ0) is 17.0. The molecule has 0 spiro atoms. The number of hydrogen-bond donors (Lipinski definition) is 1. The maximum absolute atomic E-state index is 12.3. The van der Waals surface area contributed by atoms with Gasteiger partial charge in [0.25, 0.3) is 0 Å². The van der Waals surface area contributed by atoms with Gasteiger partial charge in [0.2, 0.25) is 10.0 Å². The fraction of sp³-hybridized carbons (Fsp3) is 0.643. The van der Waals surface area contributed by atoms with Crippen molar-refractivity contribution in [1.29, 1.82) is 0 Å². The minimum absolute atomic E-state index is 0.0174. The summed E-state index contributed by atoms with van der Waals surface area (Å²) >= 11 is 0. The predicted molar refractivity (Wildman–Crippen MR) is 87.6 cm³/mol. The molecule has 23 heavy (non-hydrogen) atoms. The summed E-state index contributed by atoms with van der Waals surface area (Å²) in [4.78, 5) is 22.2. The van der Waals surface area contributed by atoms with Crippen molar-refractivity contribution in [3.05, 3.63) is 18.2 Å². The monoisotopic (exact) mass is 341 g/mol. The van der Waals surface area contributed by atoms with Crippen LogP contribution in [0.25, 0.3) is 0 Å². The first-order valence-electron chi connectivity index (χ1n) is 7.61. The number of urea groups is 1. The number of sulfonamides is 1. The predicted octanol–water partition coefficient (Wildman–Crippen LogP) is 0.927. The van der Waals surface area contributed by atoms with Crippen molar-refractivity contribution in [3.63, 3.8) is 0 Å². The van der Waals surface area contributed by atoms with E-state index in [1.807, 2.05) is 6.92 Å². The molecule has 1 aromatic rings. The Morgan fingerprint density at radius 2 is 1.91 bits per heavy atom. The minimum atomic E-state index is -3.15. The van der Waals surface area contributed by atoms with Crippen LogP contribution < -0.4 is 5.32 Å². The Bertz CT molecular complexity index is 639. The minimum Gasteiger partial charge on any atom is -0.325 e. The van der Waals surface area contributed by atoms with Gasteiger partial charge < -0.3 is 10.2 Å². The lowest BCUT2D eigenvalue weighted by atomic mass is 10.1. The van der Waals surface area contributed by atoms with Gasteiger partial charge in [-0.1, -0.05) is 6.92 Å². The molecule has 1 aliphatic rings. The second-order valence-electron chi connectivity index (χ2n) is 5.68. The van der Waals surface area contributed by atoms with Gasteiger partial charge in [0.1, 0.15) is 5.82 Å². The summed E-state index contributed by atoms with van der Waals surface area (Å²) < 4.78 is 24.5. The topological polar surface area (TPSA) is 95.5 Å². The molecule has 2 heterocycles. The van der Waals surface area contributed by atoms with E-state index in [0.717, 1.165) is 12.2 Å². The first-order chi connectivity index (χ1) is 10.8. The van der Waals surface area contributed by atoms with Crippen LogP contribution >= 0.6 is 0 Å². The third-order valence-electron chi connectivity index (χ3n) is 4.03. The second-order valence-corrected chi connectivity index (χ2v) is 7.66. The van der Waals surface area contributed by atoms with Gasteiger partial charge in [0.15, 0.2) is 0 Å². The van der Waals surface area contributed by atoms with E-state index in [9.17, 15) is 13.2 Å². The van der Waals surface area contributed by atoms with Crippen LogP contribution in [0.15, 0.2) is 12.4 Å². The van der Waals surface area contributed by atoms with Gasteiger partial charge in [-0.15, -0.1) is 0 Å². The molecule has 1 fully saturated rings. The summed E-state index contributed by atoms with van der Waals surface area (Å²) in [5.41, 5.74) is 0.549. The van der Waals surface area contributed by atoms with Crippen molar-refractivity contribution in [2.75, 3.05) is 31.7 Å². The second kappa shape index (κ2) is 7.22. The van der Waals surface area contributed by atoms with Crippen LogP contribution in [-0.2, 0) is 16.4 Å². The molecule has 1 saturated heterocycles. The summed E-state index contributed by atoms with van der Waals surface area (Å²) in [5, 5.41) is 2.76. The Morgan fingerprint density at radius 3 is 2.39 bits per heavy atom. The van der Waals surface area contributed by atoms with Gasteiger partial charge >= 0.3 is 6.03 Å². The van der Waals surface area contributed by atoms with E-state index >= 15 is 0 Å². The number of nitrogens with one attached hydrogen (secondary N) is 1. The molecule has 0 bridgehead atoms. The van der Waals surface area contributed by atoms with E-state index in [2.05, 4.69) is 15.3 Å². The fourth-order valence-corrected chi connectivity index (χ4v) is 3.41. The van der Waals surface area contributed by atoms with Crippen LogP contribution in [-0.4, -0.2) is 66.1 Å². The van der Waals surface area contributed by atoms with Gasteiger partial charge in [-0.05, 0) is 12.8 Å². The van der Waals surface area contributed by atoms with Crippen molar-refractivity contribution < 1.29 is 13.2 Å². The molecule has 128 valence electrons. The molecule has 9 heteroatoms.